The van der Waals surface area contributed by atoms with E-state index < -0.39 is 0 Å². The molecule has 2 aromatic rings. The van der Waals surface area contributed by atoms with Gasteiger partial charge in [0, 0.05) is 31.0 Å². The zero-order valence-electron chi connectivity index (χ0n) is 12.8. The monoisotopic (exact) mass is 291 g/mol. The van der Waals surface area contributed by atoms with Gasteiger partial charge < -0.3 is 14.7 Å². The van der Waals surface area contributed by atoms with Crippen LogP contribution in [0.1, 0.15) is 23.9 Å². The van der Waals surface area contributed by atoms with Gasteiger partial charge in [0.2, 0.25) is 0 Å². The maximum absolute atomic E-state index is 12.2. The van der Waals surface area contributed by atoms with Crippen molar-refractivity contribution < 1.29 is 9.32 Å². The zero-order chi connectivity index (χ0) is 15.4. The number of rotatable bonds is 5. The molecule has 0 spiro atoms. The molecule has 0 aliphatic heterocycles. The van der Waals surface area contributed by atoms with E-state index in [0.717, 1.165) is 17.0 Å². The molecule has 0 bridgehead atoms. The average molecular weight is 291 g/mol. The predicted octanol–water partition coefficient (Wildman–Crippen LogP) is 1.72. The van der Waals surface area contributed by atoms with Gasteiger partial charge in [0.05, 0.1) is 18.8 Å². The Hall–Kier alpha value is -2.31. The smallest absolute Gasteiger partial charge is 0.317 e. The van der Waals surface area contributed by atoms with Crippen LogP contribution in [-0.4, -0.2) is 39.0 Å². The highest BCUT2D eigenvalue weighted by Crippen LogP contribution is 2.14. The Labute approximate surface area is 123 Å². The Balaban J connectivity index is 1.87. The first-order chi connectivity index (χ1) is 9.97. The number of aryl methyl sites for hydroxylation is 2. The van der Waals surface area contributed by atoms with Crippen molar-refractivity contribution in [1.82, 2.24) is 25.2 Å². The molecule has 0 saturated heterocycles. The van der Waals surface area contributed by atoms with Crippen molar-refractivity contribution in [2.24, 2.45) is 0 Å². The van der Waals surface area contributed by atoms with Crippen LogP contribution in [0.5, 0.6) is 0 Å². The third kappa shape index (κ3) is 3.84. The van der Waals surface area contributed by atoms with Gasteiger partial charge >= 0.3 is 6.03 Å². The summed E-state index contributed by atoms with van der Waals surface area (Å²) in [5, 5.41) is 11.0. The van der Waals surface area contributed by atoms with Crippen LogP contribution in [0.15, 0.2) is 23.0 Å². The second-order valence-corrected chi connectivity index (χ2v) is 5.24. The third-order valence-corrected chi connectivity index (χ3v) is 3.31. The van der Waals surface area contributed by atoms with Crippen molar-refractivity contribution in [3.63, 3.8) is 0 Å². The minimum absolute atomic E-state index is 0.00970. The van der Waals surface area contributed by atoms with Crippen LogP contribution in [0, 0.1) is 13.8 Å². The summed E-state index contributed by atoms with van der Waals surface area (Å²) in [7, 11) is 1.75. The van der Waals surface area contributed by atoms with Crippen molar-refractivity contribution in [2.45, 2.75) is 39.9 Å². The molecule has 0 aliphatic carbocycles. The molecule has 1 atom stereocenters. The summed E-state index contributed by atoms with van der Waals surface area (Å²) >= 11 is 0. The first-order valence-corrected chi connectivity index (χ1v) is 6.88. The first-order valence-electron chi connectivity index (χ1n) is 6.88. The molecule has 21 heavy (non-hydrogen) atoms. The fraction of sp³-hybridized carbons (Fsp3) is 0.500. The molecular formula is C14H21N5O2. The summed E-state index contributed by atoms with van der Waals surface area (Å²) in [6.07, 6.45) is 3.59. The van der Waals surface area contributed by atoms with E-state index in [-0.39, 0.29) is 12.1 Å². The Morgan fingerprint density at radius 1 is 1.52 bits per heavy atom. The van der Waals surface area contributed by atoms with Crippen LogP contribution in [0.2, 0.25) is 0 Å². The number of hydrogen-bond acceptors (Lipinski definition) is 4. The van der Waals surface area contributed by atoms with Gasteiger partial charge in [0.1, 0.15) is 5.76 Å². The molecule has 0 saturated carbocycles. The topological polar surface area (TPSA) is 76.2 Å². The molecule has 0 fully saturated rings. The van der Waals surface area contributed by atoms with Gasteiger partial charge in [-0.3, -0.25) is 4.68 Å². The van der Waals surface area contributed by atoms with Crippen LogP contribution in [-0.2, 0) is 13.1 Å². The number of carbonyl (C=O) groups is 1. The fourth-order valence-corrected chi connectivity index (χ4v) is 2.09. The first kappa shape index (κ1) is 15.1. The lowest BCUT2D eigenvalue weighted by Gasteiger charge is -2.21. The highest BCUT2D eigenvalue weighted by atomic mass is 16.5. The van der Waals surface area contributed by atoms with Crippen molar-refractivity contribution in [3.8, 4) is 0 Å². The van der Waals surface area contributed by atoms with E-state index in [1.165, 1.54) is 0 Å². The standard InChI is InChI=1S/C14H21N5O2/c1-10(8-19-7-5-6-15-19)16-14(20)18(4)9-13-11(2)17-21-12(13)3/h5-7,10H,8-9H2,1-4H3,(H,16,20). The van der Waals surface area contributed by atoms with E-state index in [1.807, 2.05) is 33.0 Å². The summed E-state index contributed by atoms with van der Waals surface area (Å²) in [4.78, 5) is 13.8. The van der Waals surface area contributed by atoms with Crippen LogP contribution in [0.3, 0.4) is 0 Å². The molecule has 0 aliphatic rings. The molecule has 1 unspecified atom stereocenters. The highest BCUT2D eigenvalue weighted by molar-refractivity contribution is 5.74. The summed E-state index contributed by atoms with van der Waals surface area (Å²) < 4.78 is 6.90. The number of nitrogens with one attached hydrogen (secondary N) is 1. The van der Waals surface area contributed by atoms with Gasteiger partial charge in [0.15, 0.2) is 0 Å². The highest BCUT2D eigenvalue weighted by Gasteiger charge is 2.16. The number of amides is 2. The maximum Gasteiger partial charge on any atom is 0.317 e. The van der Waals surface area contributed by atoms with Gasteiger partial charge in [-0.05, 0) is 26.8 Å². The zero-order valence-corrected chi connectivity index (χ0v) is 12.8. The van der Waals surface area contributed by atoms with Crippen molar-refractivity contribution in [2.75, 3.05) is 7.05 Å². The van der Waals surface area contributed by atoms with Crippen LogP contribution in [0.25, 0.3) is 0 Å². The molecule has 7 nitrogen and oxygen atoms in total. The van der Waals surface area contributed by atoms with Gasteiger partial charge in [-0.2, -0.15) is 5.10 Å². The lowest BCUT2D eigenvalue weighted by atomic mass is 10.2. The van der Waals surface area contributed by atoms with Gasteiger partial charge in [-0.25, -0.2) is 4.79 Å². The molecule has 2 rings (SSSR count). The van der Waals surface area contributed by atoms with E-state index in [4.69, 9.17) is 4.52 Å². The number of urea groups is 1. The largest absolute Gasteiger partial charge is 0.361 e. The minimum atomic E-state index is -0.130. The second-order valence-electron chi connectivity index (χ2n) is 5.24. The molecule has 0 aromatic carbocycles. The Morgan fingerprint density at radius 2 is 2.29 bits per heavy atom. The lowest BCUT2D eigenvalue weighted by molar-refractivity contribution is 0.201. The second kappa shape index (κ2) is 6.43. The molecular weight excluding hydrogens is 270 g/mol. The average Bonchev–Trinajstić information content (AvgIpc) is 3.03. The van der Waals surface area contributed by atoms with E-state index in [2.05, 4.69) is 15.6 Å². The summed E-state index contributed by atoms with van der Waals surface area (Å²) in [6.45, 7) is 6.78. The molecule has 7 heteroatoms. The number of carbonyl (C=O) groups excluding carboxylic acids is 1. The van der Waals surface area contributed by atoms with E-state index in [9.17, 15) is 4.79 Å². The molecule has 2 heterocycles. The van der Waals surface area contributed by atoms with Crippen LogP contribution < -0.4 is 5.32 Å². The normalized spacial score (nSPS) is 12.2. The summed E-state index contributed by atoms with van der Waals surface area (Å²) in [5.41, 5.74) is 1.77. The number of aromatic nitrogens is 3. The summed E-state index contributed by atoms with van der Waals surface area (Å²) in [6, 6.07) is 1.72. The van der Waals surface area contributed by atoms with Crippen molar-refractivity contribution in [1.29, 1.82) is 0 Å². The molecule has 114 valence electrons. The SMILES string of the molecule is Cc1noc(C)c1CN(C)C(=O)NC(C)Cn1cccn1. The Kier molecular flexibility index (Phi) is 4.62. The van der Waals surface area contributed by atoms with Crippen LogP contribution in [0.4, 0.5) is 4.79 Å². The lowest BCUT2D eigenvalue weighted by Crippen LogP contribution is -2.43. The number of nitrogens with zero attached hydrogens (tertiary/aromatic N) is 4. The van der Waals surface area contributed by atoms with Crippen molar-refractivity contribution >= 4 is 6.03 Å². The van der Waals surface area contributed by atoms with Gasteiger partial charge in [-0.15, -0.1) is 0 Å². The Bertz CT molecular complexity index is 571. The quantitative estimate of drug-likeness (QED) is 0.910. The van der Waals surface area contributed by atoms with Crippen molar-refractivity contribution in [3.05, 3.63) is 35.5 Å². The molecule has 1 N–H and O–H groups in total. The van der Waals surface area contributed by atoms with E-state index in [0.29, 0.717) is 13.1 Å². The van der Waals surface area contributed by atoms with E-state index >= 15 is 0 Å². The van der Waals surface area contributed by atoms with Gasteiger partial charge in [0.25, 0.3) is 0 Å². The number of hydrogen-bond donors (Lipinski definition) is 1. The third-order valence-electron chi connectivity index (χ3n) is 3.31. The minimum Gasteiger partial charge on any atom is -0.361 e. The maximum atomic E-state index is 12.2. The van der Waals surface area contributed by atoms with Gasteiger partial charge in [-0.1, -0.05) is 5.16 Å². The molecule has 2 aromatic heterocycles. The predicted molar refractivity (Wildman–Crippen MR) is 77.7 cm³/mol. The Morgan fingerprint density at radius 3 is 2.86 bits per heavy atom. The molecule has 2 amide bonds. The molecule has 0 radical (unpaired) electrons. The van der Waals surface area contributed by atoms with E-state index in [1.54, 1.807) is 22.8 Å². The fourth-order valence-electron chi connectivity index (χ4n) is 2.09. The van der Waals surface area contributed by atoms with Crippen LogP contribution >= 0.6 is 0 Å². The summed E-state index contributed by atoms with van der Waals surface area (Å²) in [5.74, 6) is 0.747.